The summed E-state index contributed by atoms with van der Waals surface area (Å²) in [7, 11) is 0. The molecular formula is C31H48O3. The van der Waals surface area contributed by atoms with E-state index in [0.717, 1.165) is 17.9 Å². The molecule has 0 bridgehead atoms. The Morgan fingerprint density at radius 1 is 0.706 bits per heavy atom. The third-order valence-electron chi connectivity index (χ3n) is 6.15. The van der Waals surface area contributed by atoms with Crippen molar-refractivity contribution in [2.24, 2.45) is 0 Å². The molecule has 1 aliphatic rings. The van der Waals surface area contributed by atoms with Gasteiger partial charge in [-0.3, -0.25) is 0 Å². The lowest BCUT2D eigenvalue weighted by Gasteiger charge is -2.27. The van der Waals surface area contributed by atoms with Crippen LogP contribution in [-0.2, 0) is 26.4 Å². The number of benzene rings is 2. The van der Waals surface area contributed by atoms with E-state index in [9.17, 15) is 5.11 Å². The Labute approximate surface area is 208 Å². The van der Waals surface area contributed by atoms with E-state index >= 15 is 0 Å². The maximum atomic E-state index is 9.84. The van der Waals surface area contributed by atoms with Crippen LogP contribution in [0.15, 0.2) is 36.4 Å². The number of ether oxygens (including phenoxy) is 2. The summed E-state index contributed by atoms with van der Waals surface area (Å²) in [4.78, 5) is 0. The standard InChI is InChI=1S/C17H26O2.C14H22O/c1-16(2,3)12-7-8-15(19-11-13-10-18-13)14(9-12)17(4,5)6;1-13(2,3)10-7-8-12(15)11(9-10)14(4,5)6/h7-9,13H,10-11H2,1-6H3;7-9,15H,1-6H3. The molecule has 1 fully saturated rings. The van der Waals surface area contributed by atoms with Gasteiger partial charge in [0.2, 0.25) is 0 Å². The van der Waals surface area contributed by atoms with E-state index in [2.05, 4.69) is 107 Å². The van der Waals surface area contributed by atoms with Gasteiger partial charge in [0.1, 0.15) is 24.2 Å². The molecule has 2 aromatic carbocycles. The molecular weight excluding hydrogens is 420 g/mol. The highest BCUT2D eigenvalue weighted by Crippen LogP contribution is 2.36. The lowest BCUT2D eigenvalue weighted by Crippen LogP contribution is -2.18. The quantitative estimate of drug-likeness (QED) is 0.463. The number of phenolic OH excluding ortho intramolecular Hbond substituents is 1. The van der Waals surface area contributed by atoms with Crippen molar-refractivity contribution < 1.29 is 14.6 Å². The Hall–Kier alpha value is -2.00. The van der Waals surface area contributed by atoms with Crippen LogP contribution in [0.5, 0.6) is 11.5 Å². The van der Waals surface area contributed by atoms with E-state index in [0.29, 0.717) is 18.5 Å². The van der Waals surface area contributed by atoms with E-state index in [1.807, 2.05) is 6.07 Å². The number of rotatable bonds is 3. The van der Waals surface area contributed by atoms with Gasteiger partial charge < -0.3 is 14.6 Å². The minimum Gasteiger partial charge on any atom is -0.508 e. The normalized spacial score (nSPS) is 16.5. The van der Waals surface area contributed by atoms with Crippen LogP contribution in [0.1, 0.15) is 105 Å². The molecule has 0 spiro atoms. The van der Waals surface area contributed by atoms with Crippen LogP contribution in [0.2, 0.25) is 0 Å². The highest BCUT2D eigenvalue weighted by molar-refractivity contribution is 5.44. The predicted molar refractivity (Wildman–Crippen MR) is 145 cm³/mol. The number of aromatic hydroxyl groups is 1. The first kappa shape index (κ1) is 28.2. The number of hydrogen-bond acceptors (Lipinski definition) is 3. The SMILES string of the molecule is CC(C)(C)c1ccc(O)c(C(C)(C)C)c1.CC(C)(C)c1ccc(OCC2CO2)c(C(C)(C)C)c1. The smallest absolute Gasteiger partial charge is 0.123 e. The molecule has 0 aliphatic carbocycles. The summed E-state index contributed by atoms with van der Waals surface area (Å²) in [6, 6.07) is 12.5. The van der Waals surface area contributed by atoms with Crippen molar-refractivity contribution in [3.8, 4) is 11.5 Å². The second-order valence-electron chi connectivity index (χ2n) is 13.7. The van der Waals surface area contributed by atoms with Gasteiger partial charge in [0.05, 0.1) is 6.61 Å². The predicted octanol–water partition coefficient (Wildman–Crippen LogP) is 8.05. The third-order valence-corrected chi connectivity index (χ3v) is 6.15. The summed E-state index contributed by atoms with van der Waals surface area (Å²) in [5, 5.41) is 9.84. The first-order valence-electron chi connectivity index (χ1n) is 12.5. The molecule has 1 unspecified atom stereocenters. The van der Waals surface area contributed by atoms with Crippen molar-refractivity contribution >= 4 is 0 Å². The molecule has 3 nitrogen and oxygen atoms in total. The van der Waals surface area contributed by atoms with Crippen LogP contribution < -0.4 is 4.74 Å². The zero-order valence-electron chi connectivity index (χ0n) is 23.7. The van der Waals surface area contributed by atoms with E-state index in [1.54, 1.807) is 6.07 Å². The average Bonchev–Trinajstić information content (AvgIpc) is 3.48. The Bertz CT molecular complexity index is 956. The van der Waals surface area contributed by atoms with Gasteiger partial charge >= 0.3 is 0 Å². The minimum absolute atomic E-state index is 0.00859. The zero-order valence-corrected chi connectivity index (χ0v) is 23.7. The molecule has 2 aromatic rings. The fourth-order valence-corrected chi connectivity index (χ4v) is 3.66. The van der Waals surface area contributed by atoms with Gasteiger partial charge in [-0.2, -0.15) is 0 Å². The van der Waals surface area contributed by atoms with Crippen molar-refractivity contribution in [1.29, 1.82) is 0 Å². The van der Waals surface area contributed by atoms with E-state index < -0.39 is 0 Å². The molecule has 1 N–H and O–H groups in total. The Morgan fingerprint density at radius 2 is 1.15 bits per heavy atom. The van der Waals surface area contributed by atoms with Gasteiger partial charge in [-0.25, -0.2) is 0 Å². The van der Waals surface area contributed by atoms with Crippen molar-refractivity contribution in [3.63, 3.8) is 0 Å². The third kappa shape index (κ3) is 8.05. The van der Waals surface area contributed by atoms with E-state index in [4.69, 9.17) is 9.47 Å². The highest BCUT2D eigenvalue weighted by atomic mass is 16.6. The lowest BCUT2D eigenvalue weighted by atomic mass is 9.80. The second kappa shape index (κ2) is 9.93. The van der Waals surface area contributed by atoms with Gasteiger partial charge in [-0.1, -0.05) is 107 Å². The largest absolute Gasteiger partial charge is 0.508 e. The summed E-state index contributed by atoms with van der Waals surface area (Å²) < 4.78 is 11.1. The zero-order chi connectivity index (χ0) is 26.1. The van der Waals surface area contributed by atoms with Gasteiger partial charge in [0, 0.05) is 0 Å². The molecule has 190 valence electrons. The van der Waals surface area contributed by atoms with Gasteiger partial charge in [0.25, 0.3) is 0 Å². The van der Waals surface area contributed by atoms with E-state index in [1.165, 1.54) is 16.7 Å². The molecule has 34 heavy (non-hydrogen) atoms. The van der Waals surface area contributed by atoms with E-state index in [-0.39, 0.29) is 21.7 Å². The van der Waals surface area contributed by atoms with Crippen LogP contribution in [0, 0.1) is 0 Å². The second-order valence-corrected chi connectivity index (χ2v) is 13.7. The summed E-state index contributed by atoms with van der Waals surface area (Å²) in [6.45, 7) is 27.8. The summed E-state index contributed by atoms with van der Waals surface area (Å²) >= 11 is 0. The molecule has 3 heteroatoms. The van der Waals surface area contributed by atoms with Gasteiger partial charge in [0.15, 0.2) is 0 Å². The summed E-state index contributed by atoms with van der Waals surface area (Å²) in [6.07, 6.45) is 0.301. The molecule has 0 saturated carbocycles. The van der Waals surface area contributed by atoms with Gasteiger partial charge in [-0.05, 0) is 56.0 Å². The maximum absolute atomic E-state index is 9.84. The Balaban J connectivity index is 0.000000248. The first-order chi connectivity index (χ1) is 15.3. The van der Waals surface area contributed by atoms with Crippen molar-refractivity contribution in [3.05, 3.63) is 58.7 Å². The summed E-state index contributed by atoms with van der Waals surface area (Å²) in [5.74, 6) is 1.39. The first-order valence-corrected chi connectivity index (χ1v) is 12.5. The fourth-order valence-electron chi connectivity index (χ4n) is 3.66. The highest BCUT2D eigenvalue weighted by Gasteiger charge is 2.27. The lowest BCUT2D eigenvalue weighted by molar-refractivity contribution is 0.258. The Morgan fingerprint density at radius 3 is 1.56 bits per heavy atom. The number of epoxide rings is 1. The van der Waals surface area contributed by atoms with Gasteiger partial charge in [-0.15, -0.1) is 0 Å². The fraction of sp³-hybridized carbons (Fsp3) is 0.613. The summed E-state index contributed by atoms with van der Waals surface area (Å²) in [5.41, 5.74) is 5.30. The molecule has 0 radical (unpaired) electrons. The number of phenols is 1. The Kier molecular flexibility index (Phi) is 8.25. The maximum Gasteiger partial charge on any atom is 0.123 e. The molecule has 1 heterocycles. The van der Waals surface area contributed by atoms with Crippen LogP contribution in [0.4, 0.5) is 0 Å². The topological polar surface area (TPSA) is 42.0 Å². The molecule has 0 aromatic heterocycles. The molecule has 1 aliphatic heterocycles. The van der Waals surface area contributed by atoms with Crippen molar-refractivity contribution in [1.82, 2.24) is 0 Å². The monoisotopic (exact) mass is 468 g/mol. The van der Waals surface area contributed by atoms with Crippen LogP contribution in [0.25, 0.3) is 0 Å². The molecule has 1 atom stereocenters. The number of hydrogen-bond donors (Lipinski definition) is 1. The molecule has 1 saturated heterocycles. The van der Waals surface area contributed by atoms with Crippen molar-refractivity contribution in [2.45, 2.75) is 111 Å². The average molecular weight is 469 g/mol. The molecule has 0 amide bonds. The van der Waals surface area contributed by atoms with Crippen LogP contribution in [0.3, 0.4) is 0 Å². The van der Waals surface area contributed by atoms with Crippen LogP contribution in [-0.4, -0.2) is 24.4 Å². The molecule has 3 rings (SSSR count). The minimum atomic E-state index is -0.00859. The van der Waals surface area contributed by atoms with Crippen molar-refractivity contribution in [2.75, 3.05) is 13.2 Å². The van der Waals surface area contributed by atoms with Crippen LogP contribution >= 0.6 is 0 Å².